The Morgan fingerprint density at radius 2 is 1.72 bits per heavy atom. The highest BCUT2D eigenvalue weighted by Crippen LogP contribution is 2.27. The van der Waals surface area contributed by atoms with Crippen molar-refractivity contribution >= 4 is 51.2 Å². The third kappa shape index (κ3) is 13.2. The van der Waals surface area contributed by atoms with E-state index in [0.717, 1.165) is 17.7 Å². The maximum Gasteiger partial charge on any atom is 0.328 e. The molecule has 1 aromatic rings. The van der Waals surface area contributed by atoms with Crippen LogP contribution in [0.5, 0.6) is 0 Å². The molecule has 1 rings (SSSR count). The van der Waals surface area contributed by atoms with Crippen LogP contribution in [0.4, 0.5) is 0 Å². The Balaban J connectivity index is 2.53. The Hall–Kier alpha value is -1.36. The predicted molar refractivity (Wildman–Crippen MR) is 133 cm³/mol. The summed E-state index contributed by atoms with van der Waals surface area (Å²) >= 11 is 1.74. The molecule has 10 heteroatoms. The molecule has 0 aliphatic carbocycles. The average molecular weight is 502 g/mol. The van der Waals surface area contributed by atoms with Crippen LogP contribution >= 0.6 is 33.3 Å². The van der Waals surface area contributed by atoms with Crippen molar-refractivity contribution in [3.05, 3.63) is 35.9 Å². The molecule has 0 aliphatic rings. The van der Waals surface area contributed by atoms with E-state index in [2.05, 4.69) is 5.32 Å². The van der Waals surface area contributed by atoms with Crippen LogP contribution in [0.1, 0.15) is 32.3 Å². The summed E-state index contributed by atoms with van der Waals surface area (Å²) in [5.74, 6) is 0.572. The van der Waals surface area contributed by atoms with E-state index in [4.69, 9.17) is 15.2 Å². The zero-order valence-electron chi connectivity index (χ0n) is 18.8. The molecule has 0 saturated carbocycles. The van der Waals surface area contributed by atoms with E-state index in [1.165, 1.54) is 6.92 Å². The van der Waals surface area contributed by atoms with Gasteiger partial charge in [0.2, 0.25) is 12.2 Å². The number of carbonyl (C=O) groups excluding carboxylic acids is 3. The van der Waals surface area contributed by atoms with Crippen molar-refractivity contribution in [2.24, 2.45) is 5.92 Å². The maximum absolute atomic E-state index is 12.8. The number of ether oxygens (including phenoxy) is 2. The molecule has 0 aromatic heterocycles. The minimum absolute atomic E-state index is 0.111. The van der Waals surface area contributed by atoms with Crippen LogP contribution in [-0.2, 0) is 30.3 Å². The van der Waals surface area contributed by atoms with Crippen molar-refractivity contribution in [3.63, 3.8) is 0 Å². The van der Waals surface area contributed by atoms with Crippen LogP contribution in [0.25, 0.3) is 0 Å². The van der Waals surface area contributed by atoms with E-state index in [1.807, 2.05) is 36.6 Å². The van der Waals surface area contributed by atoms with Gasteiger partial charge in [0.1, 0.15) is 6.54 Å². The fraction of sp³-hybridized carbons (Fsp3) is 0.591. The van der Waals surface area contributed by atoms with Crippen LogP contribution < -0.4 is 11.1 Å². The highest BCUT2D eigenvalue weighted by Gasteiger charge is 2.21. The zero-order valence-corrected chi connectivity index (χ0v) is 21.3. The number of hydrogen-bond donors (Lipinski definition) is 1. The third-order valence-electron chi connectivity index (χ3n) is 4.28. The summed E-state index contributed by atoms with van der Waals surface area (Å²) in [6, 6.07) is 9.61. The second-order valence-electron chi connectivity index (χ2n) is 7.05. The first-order valence-corrected chi connectivity index (χ1v) is 14.4. The molecular formula is C22H33N2O5S3. The molecule has 179 valence electrons. The highest BCUT2D eigenvalue weighted by molar-refractivity contribution is 8.76. The first-order chi connectivity index (χ1) is 15.3. The Morgan fingerprint density at radius 3 is 2.38 bits per heavy atom. The number of nitrogens with one attached hydrogen (secondary N) is 2. The summed E-state index contributed by atoms with van der Waals surface area (Å²) in [5, 5.41) is 2.64. The Kier molecular flexibility index (Phi) is 15.4. The van der Waals surface area contributed by atoms with Gasteiger partial charge >= 0.3 is 11.9 Å². The Morgan fingerprint density at radius 1 is 1.06 bits per heavy atom. The lowest BCUT2D eigenvalue weighted by Gasteiger charge is -2.18. The quantitative estimate of drug-likeness (QED) is 0.159. The summed E-state index contributed by atoms with van der Waals surface area (Å²) in [6.45, 7) is 2.81. The summed E-state index contributed by atoms with van der Waals surface area (Å²) < 4.78 is 9.89. The first kappa shape index (κ1) is 28.7. The van der Waals surface area contributed by atoms with Crippen molar-refractivity contribution in [2.45, 2.75) is 45.4 Å². The molecule has 3 atom stereocenters. The number of hydrogen-bond acceptors (Lipinski definition) is 8. The summed E-state index contributed by atoms with van der Waals surface area (Å²) in [5.41, 5.74) is 9.08. The van der Waals surface area contributed by atoms with Gasteiger partial charge in [-0.25, -0.2) is 0 Å². The SMILES string of the molecule is CCC(=O)OC(C)OC(=O)CNC(=O)C(CSSCC([NH])CCSC)Cc1ccccc1. The van der Waals surface area contributed by atoms with Gasteiger partial charge in [0.05, 0.1) is 5.92 Å². The second kappa shape index (κ2) is 17.2. The normalized spacial score (nSPS) is 13.6. The van der Waals surface area contributed by atoms with Crippen molar-refractivity contribution in [2.75, 3.05) is 30.1 Å². The van der Waals surface area contributed by atoms with Crippen molar-refractivity contribution in [1.29, 1.82) is 0 Å². The lowest BCUT2D eigenvalue weighted by Crippen LogP contribution is -2.38. The molecule has 1 amide bonds. The van der Waals surface area contributed by atoms with Crippen molar-refractivity contribution < 1.29 is 23.9 Å². The van der Waals surface area contributed by atoms with Crippen LogP contribution in [0.15, 0.2) is 30.3 Å². The average Bonchev–Trinajstić information content (AvgIpc) is 2.78. The number of benzene rings is 1. The monoisotopic (exact) mass is 501 g/mol. The number of rotatable bonds is 16. The number of carbonyl (C=O) groups is 3. The molecule has 0 aliphatic heterocycles. The molecule has 7 nitrogen and oxygen atoms in total. The fourth-order valence-corrected chi connectivity index (χ4v) is 5.59. The Bertz CT molecular complexity index is 693. The van der Waals surface area contributed by atoms with E-state index in [1.54, 1.807) is 40.3 Å². The van der Waals surface area contributed by atoms with Crippen LogP contribution in [0.2, 0.25) is 0 Å². The van der Waals surface area contributed by atoms with Gasteiger partial charge in [0, 0.05) is 30.9 Å². The molecular weight excluding hydrogens is 468 g/mol. The number of thioether (sulfide) groups is 1. The van der Waals surface area contributed by atoms with Gasteiger partial charge in [-0.3, -0.25) is 20.1 Å². The van der Waals surface area contributed by atoms with Crippen LogP contribution in [-0.4, -0.2) is 60.2 Å². The van der Waals surface area contributed by atoms with Crippen LogP contribution in [0, 0.1) is 5.92 Å². The molecule has 0 spiro atoms. The first-order valence-electron chi connectivity index (χ1n) is 10.5. The van der Waals surface area contributed by atoms with Crippen molar-refractivity contribution in [3.8, 4) is 0 Å². The number of amides is 1. The molecule has 1 aromatic carbocycles. The van der Waals surface area contributed by atoms with Gasteiger partial charge in [0.15, 0.2) is 0 Å². The van der Waals surface area contributed by atoms with Crippen LogP contribution in [0.3, 0.4) is 0 Å². The van der Waals surface area contributed by atoms with E-state index >= 15 is 0 Å². The smallest absolute Gasteiger partial charge is 0.328 e. The van der Waals surface area contributed by atoms with E-state index in [-0.39, 0.29) is 30.8 Å². The van der Waals surface area contributed by atoms with Gasteiger partial charge in [-0.1, -0.05) is 58.8 Å². The van der Waals surface area contributed by atoms with E-state index in [9.17, 15) is 14.4 Å². The lowest BCUT2D eigenvalue weighted by molar-refractivity contribution is -0.183. The molecule has 2 N–H and O–H groups in total. The molecule has 0 heterocycles. The molecule has 1 radical (unpaired) electrons. The zero-order chi connectivity index (χ0) is 23.8. The molecule has 0 fully saturated rings. The molecule has 32 heavy (non-hydrogen) atoms. The third-order valence-corrected chi connectivity index (χ3v) is 7.48. The molecule has 3 unspecified atom stereocenters. The van der Waals surface area contributed by atoms with Gasteiger partial charge in [-0.05, 0) is 30.4 Å². The predicted octanol–water partition coefficient (Wildman–Crippen LogP) is 3.59. The van der Waals surface area contributed by atoms with Gasteiger partial charge < -0.3 is 14.8 Å². The largest absolute Gasteiger partial charge is 0.425 e. The van der Waals surface area contributed by atoms with Gasteiger partial charge in [-0.2, -0.15) is 11.8 Å². The fourth-order valence-electron chi connectivity index (χ4n) is 2.55. The lowest BCUT2D eigenvalue weighted by atomic mass is 10.0. The number of esters is 2. The standard InChI is InChI=1S/C22H33N2O5S3/c1-4-20(25)28-16(2)29-21(26)13-24-22(27)18(12-17-8-6-5-7-9-17)14-31-32-15-19(23)10-11-30-3/h5-9,16,18-19,23H,4,10-15H2,1-3H3,(H,24,27). The topological polar surface area (TPSA) is 105 Å². The highest BCUT2D eigenvalue weighted by atomic mass is 33.1. The second-order valence-corrected chi connectivity index (χ2v) is 10.6. The van der Waals surface area contributed by atoms with Gasteiger partial charge in [-0.15, -0.1) is 0 Å². The van der Waals surface area contributed by atoms with E-state index < -0.39 is 18.2 Å². The Labute approximate surface area is 203 Å². The summed E-state index contributed by atoms with van der Waals surface area (Å²) in [4.78, 5) is 36.0. The van der Waals surface area contributed by atoms with Crippen molar-refractivity contribution in [1.82, 2.24) is 11.1 Å². The molecule has 0 bridgehead atoms. The molecule has 0 saturated heterocycles. The minimum Gasteiger partial charge on any atom is -0.425 e. The minimum atomic E-state index is -0.997. The summed E-state index contributed by atoms with van der Waals surface area (Å²) in [6.07, 6.45) is 2.64. The van der Waals surface area contributed by atoms with Gasteiger partial charge in [0.25, 0.3) is 0 Å². The van der Waals surface area contributed by atoms with E-state index in [0.29, 0.717) is 17.9 Å². The maximum atomic E-state index is 12.8. The summed E-state index contributed by atoms with van der Waals surface area (Å²) in [7, 11) is 3.19.